The van der Waals surface area contributed by atoms with Crippen LogP contribution < -0.4 is 6.15 Å². The fourth-order valence-electron chi connectivity index (χ4n) is 1.32. The van der Waals surface area contributed by atoms with Crippen LogP contribution in [0.4, 0.5) is 0 Å². The molecule has 0 heterocycles. The van der Waals surface area contributed by atoms with Gasteiger partial charge in [-0.3, -0.25) is 14.9 Å². The summed E-state index contributed by atoms with van der Waals surface area (Å²) in [5, 5.41) is 10.2. The van der Waals surface area contributed by atoms with Crippen molar-refractivity contribution in [1.82, 2.24) is 6.15 Å². The van der Waals surface area contributed by atoms with Gasteiger partial charge < -0.3 is 6.15 Å². The van der Waals surface area contributed by atoms with Crippen LogP contribution in [-0.2, 0) is 4.79 Å². The molecule has 2 unspecified atom stereocenters. The van der Waals surface area contributed by atoms with Crippen molar-refractivity contribution in [3.63, 3.8) is 0 Å². The van der Waals surface area contributed by atoms with E-state index < -0.39 is 11.0 Å². The second-order valence-corrected chi connectivity index (χ2v) is 2.71. The van der Waals surface area contributed by atoms with E-state index in [2.05, 4.69) is 0 Å². The number of rotatable bonds is 1. The number of nitrogens with zero attached hydrogens (tertiary/aromatic N) is 1. The molecule has 1 aliphatic rings. The minimum absolute atomic E-state index is 0. The molecule has 1 saturated carbocycles. The molecular weight excluding hydrogens is 148 g/mol. The molecule has 0 spiro atoms. The summed E-state index contributed by atoms with van der Waals surface area (Å²) < 4.78 is 0. The van der Waals surface area contributed by atoms with Gasteiger partial charge in [-0.25, -0.2) is 0 Å². The van der Waals surface area contributed by atoms with Crippen LogP contribution in [0.15, 0.2) is 0 Å². The van der Waals surface area contributed by atoms with Crippen molar-refractivity contribution in [2.75, 3.05) is 0 Å². The number of hydrogen-bond donors (Lipinski definition) is 1. The van der Waals surface area contributed by atoms with Gasteiger partial charge in [-0.05, 0) is 6.42 Å². The molecule has 0 radical (unpaired) electrons. The first kappa shape index (κ1) is 10.0. The summed E-state index contributed by atoms with van der Waals surface area (Å²) in [6, 6.07) is -0.917. The van der Waals surface area contributed by atoms with Gasteiger partial charge in [0.15, 0.2) is 0 Å². The van der Waals surface area contributed by atoms with E-state index in [1.165, 1.54) is 0 Å². The molecule has 0 aromatic rings. The summed E-state index contributed by atoms with van der Waals surface area (Å²) >= 11 is 0. The molecule has 1 aliphatic carbocycles. The van der Waals surface area contributed by atoms with E-state index in [4.69, 9.17) is 0 Å². The average Bonchev–Trinajstić information content (AvgIpc) is 2.11. The van der Waals surface area contributed by atoms with Gasteiger partial charge in [0, 0.05) is 17.3 Å². The molecule has 1 rings (SSSR count). The lowest BCUT2D eigenvalue weighted by Gasteiger charge is -2.03. The van der Waals surface area contributed by atoms with E-state index in [1.807, 2.05) is 0 Å². The Bertz CT molecular complexity index is 181. The predicted octanol–water partition coefficient (Wildman–Crippen LogP) is 1.01. The van der Waals surface area contributed by atoms with E-state index >= 15 is 0 Å². The van der Waals surface area contributed by atoms with Gasteiger partial charge in [0.05, 0.1) is 0 Å². The van der Waals surface area contributed by atoms with Crippen LogP contribution in [0.5, 0.6) is 0 Å². The molecule has 5 nitrogen and oxygen atoms in total. The van der Waals surface area contributed by atoms with Gasteiger partial charge in [-0.1, -0.05) is 6.92 Å². The van der Waals surface area contributed by atoms with Crippen molar-refractivity contribution in [3.05, 3.63) is 10.1 Å². The molecule has 11 heavy (non-hydrogen) atoms. The van der Waals surface area contributed by atoms with Crippen LogP contribution in [0.2, 0.25) is 0 Å². The summed E-state index contributed by atoms with van der Waals surface area (Å²) in [6.07, 6.45) is 1.05. The minimum atomic E-state index is -0.917. The Balaban J connectivity index is 0.000001000. The summed E-state index contributed by atoms with van der Waals surface area (Å²) in [6.45, 7) is 1.75. The number of carbonyl (C=O) groups excluding carboxylic acids is 1. The Morgan fingerprint density at radius 1 is 1.64 bits per heavy atom. The van der Waals surface area contributed by atoms with E-state index in [9.17, 15) is 14.9 Å². The minimum Gasteiger partial charge on any atom is -0.369 e. The molecular formula is C6H13N2O3+. The predicted molar refractivity (Wildman–Crippen MR) is 40.2 cm³/mol. The third-order valence-electron chi connectivity index (χ3n) is 1.94. The zero-order valence-corrected chi connectivity index (χ0v) is 6.74. The number of hydrogen-bond acceptors (Lipinski definition) is 3. The maximum atomic E-state index is 10.8. The topological polar surface area (TPSA) is 96.7 Å². The SMILES string of the molecule is CC1CCC(=O)C1[N+](=O)[O-].[NH4+]. The number of Topliss-reactive ketones (excluding diaryl/α,β-unsaturated/α-hetero) is 1. The lowest BCUT2D eigenvalue weighted by atomic mass is 10.1. The quantitative estimate of drug-likeness (QED) is 0.459. The highest BCUT2D eigenvalue weighted by molar-refractivity contribution is 5.85. The van der Waals surface area contributed by atoms with Crippen molar-refractivity contribution >= 4 is 5.78 Å². The molecule has 1 fully saturated rings. The summed E-state index contributed by atoms with van der Waals surface area (Å²) in [7, 11) is 0. The first-order valence-electron chi connectivity index (χ1n) is 3.29. The Morgan fingerprint density at radius 3 is 2.36 bits per heavy atom. The highest BCUT2D eigenvalue weighted by Gasteiger charge is 2.40. The maximum absolute atomic E-state index is 10.8. The fourth-order valence-corrected chi connectivity index (χ4v) is 1.32. The van der Waals surface area contributed by atoms with Crippen molar-refractivity contribution in [2.45, 2.75) is 25.8 Å². The third kappa shape index (κ3) is 1.74. The number of nitro groups is 1. The number of ketones is 1. The Hall–Kier alpha value is -0.970. The normalized spacial score (nSPS) is 29.7. The molecule has 0 amide bonds. The first-order chi connectivity index (χ1) is 4.63. The smallest absolute Gasteiger partial charge is 0.272 e. The Labute approximate surface area is 64.5 Å². The number of quaternary nitrogens is 1. The molecule has 0 bridgehead atoms. The van der Waals surface area contributed by atoms with Crippen LogP contribution in [0.1, 0.15) is 19.8 Å². The molecule has 0 aliphatic heterocycles. The van der Waals surface area contributed by atoms with Crippen LogP contribution >= 0.6 is 0 Å². The molecule has 0 saturated heterocycles. The molecule has 0 aromatic carbocycles. The summed E-state index contributed by atoms with van der Waals surface area (Å²) in [5.74, 6) is -0.278. The van der Waals surface area contributed by atoms with Gasteiger partial charge in [-0.15, -0.1) is 0 Å². The second-order valence-electron chi connectivity index (χ2n) is 2.71. The van der Waals surface area contributed by atoms with Crippen LogP contribution in [0.3, 0.4) is 0 Å². The summed E-state index contributed by atoms with van der Waals surface area (Å²) in [4.78, 5) is 20.5. The molecule has 0 aromatic heterocycles. The Morgan fingerprint density at radius 2 is 2.18 bits per heavy atom. The standard InChI is InChI=1S/C6H9NO3.H3N/c1-4-2-3-5(8)6(4)7(9)10;/h4,6H,2-3H2,1H3;1H3/p+1. The van der Waals surface area contributed by atoms with E-state index in [0.29, 0.717) is 12.8 Å². The lowest BCUT2D eigenvalue weighted by molar-refractivity contribution is -0.513. The van der Waals surface area contributed by atoms with Gasteiger partial charge in [-0.2, -0.15) is 0 Å². The Kier molecular flexibility index (Phi) is 3.13. The maximum Gasteiger partial charge on any atom is 0.272 e. The zero-order valence-electron chi connectivity index (χ0n) is 6.74. The number of carbonyl (C=O) groups is 1. The van der Waals surface area contributed by atoms with Crippen molar-refractivity contribution in [1.29, 1.82) is 0 Å². The monoisotopic (exact) mass is 161 g/mol. The van der Waals surface area contributed by atoms with E-state index in [1.54, 1.807) is 6.92 Å². The molecule has 4 N–H and O–H groups in total. The van der Waals surface area contributed by atoms with Crippen molar-refractivity contribution in [2.24, 2.45) is 5.92 Å². The highest BCUT2D eigenvalue weighted by atomic mass is 16.6. The van der Waals surface area contributed by atoms with Gasteiger partial charge >= 0.3 is 0 Å². The molecule has 5 heteroatoms. The van der Waals surface area contributed by atoms with Crippen LogP contribution in [0.25, 0.3) is 0 Å². The van der Waals surface area contributed by atoms with Gasteiger partial charge in [0.1, 0.15) is 0 Å². The van der Waals surface area contributed by atoms with Crippen molar-refractivity contribution in [3.8, 4) is 0 Å². The molecule has 2 atom stereocenters. The van der Waals surface area contributed by atoms with Crippen molar-refractivity contribution < 1.29 is 9.72 Å². The first-order valence-corrected chi connectivity index (χ1v) is 3.29. The zero-order chi connectivity index (χ0) is 7.72. The van der Waals surface area contributed by atoms with Gasteiger partial charge in [0.2, 0.25) is 5.78 Å². The third-order valence-corrected chi connectivity index (χ3v) is 1.94. The fraction of sp³-hybridized carbons (Fsp3) is 0.833. The largest absolute Gasteiger partial charge is 0.369 e. The average molecular weight is 161 g/mol. The van der Waals surface area contributed by atoms with Gasteiger partial charge in [0.25, 0.3) is 6.04 Å². The lowest BCUT2D eigenvalue weighted by Crippen LogP contribution is -2.28. The van der Waals surface area contributed by atoms with Crippen LogP contribution in [-0.4, -0.2) is 16.7 Å². The molecule has 64 valence electrons. The van der Waals surface area contributed by atoms with E-state index in [0.717, 1.165) is 0 Å². The van der Waals surface area contributed by atoms with E-state index in [-0.39, 0.29) is 17.9 Å². The second kappa shape index (κ2) is 3.43. The van der Waals surface area contributed by atoms with Crippen LogP contribution in [0, 0.1) is 16.0 Å². The highest BCUT2D eigenvalue weighted by Crippen LogP contribution is 2.23. The summed E-state index contributed by atoms with van der Waals surface area (Å²) in [5.41, 5.74) is 0.